The average molecular weight is 276 g/mol. The minimum Gasteiger partial charge on any atom is -0.495 e. The van der Waals surface area contributed by atoms with Crippen molar-refractivity contribution < 1.29 is 4.74 Å². The Bertz CT molecular complexity index is 356. The third kappa shape index (κ3) is 4.74. The van der Waals surface area contributed by atoms with E-state index in [1.807, 2.05) is 6.07 Å². The molecule has 96 valence electrons. The number of methoxy groups -OCH3 is 1. The molecule has 17 heavy (non-hydrogen) atoms. The molecule has 0 saturated carbocycles. The number of halogens is 2. The second-order valence-corrected chi connectivity index (χ2v) is 4.85. The summed E-state index contributed by atoms with van der Waals surface area (Å²) in [5.41, 5.74) is 6.53. The predicted octanol–water partition coefficient (Wildman–Crippen LogP) is 4.06. The quantitative estimate of drug-likeness (QED) is 0.762. The molecule has 1 aromatic rings. The largest absolute Gasteiger partial charge is 0.495 e. The maximum absolute atomic E-state index is 6.16. The van der Waals surface area contributed by atoms with E-state index in [1.54, 1.807) is 13.2 Å². The monoisotopic (exact) mass is 275 g/mol. The highest BCUT2D eigenvalue weighted by molar-refractivity contribution is 6.34. The first kappa shape index (κ1) is 14.6. The lowest BCUT2D eigenvalue weighted by Crippen LogP contribution is -1.98. The van der Waals surface area contributed by atoms with Crippen LogP contribution in [0, 0.1) is 0 Å². The topological polar surface area (TPSA) is 35.2 Å². The van der Waals surface area contributed by atoms with Gasteiger partial charge in [-0.05, 0) is 37.4 Å². The molecule has 1 rings (SSSR count). The molecule has 0 aliphatic rings. The van der Waals surface area contributed by atoms with Gasteiger partial charge in [0.05, 0.1) is 12.1 Å². The fraction of sp³-hybridized carbons (Fsp3) is 0.538. The van der Waals surface area contributed by atoms with Crippen LogP contribution in [0.4, 0.5) is 0 Å². The second-order valence-electron chi connectivity index (χ2n) is 4.03. The molecule has 0 aliphatic heterocycles. The molecule has 0 saturated heterocycles. The SMILES string of the molecule is COc1cc(Cl)c(CCCCCCN)cc1Cl. The lowest BCUT2D eigenvalue weighted by Gasteiger charge is -2.08. The van der Waals surface area contributed by atoms with E-state index in [9.17, 15) is 0 Å². The fourth-order valence-electron chi connectivity index (χ4n) is 1.73. The summed E-state index contributed by atoms with van der Waals surface area (Å²) in [4.78, 5) is 0. The van der Waals surface area contributed by atoms with Gasteiger partial charge in [0.15, 0.2) is 0 Å². The molecule has 2 nitrogen and oxygen atoms in total. The van der Waals surface area contributed by atoms with E-state index >= 15 is 0 Å². The van der Waals surface area contributed by atoms with E-state index < -0.39 is 0 Å². The summed E-state index contributed by atoms with van der Waals surface area (Å²) < 4.78 is 5.11. The number of aryl methyl sites for hydroxylation is 1. The maximum Gasteiger partial charge on any atom is 0.138 e. The van der Waals surface area contributed by atoms with Crippen LogP contribution in [0.2, 0.25) is 10.0 Å². The molecule has 0 bridgehead atoms. The Morgan fingerprint density at radius 1 is 1.06 bits per heavy atom. The predicted molar refractivity (Wildman–Crippen MR) is 74.2 cm³/mol. The number of unbranched alkanes of at least 4 members (excludes halogenated alkanes) is 3. The van der Waals surface area contributed by atoms with Gasteiger partial charge in [0, 0.05) is 11.1 Å². The van der Waals surface area contributed by atoms with Crippen LogP contribution in [0.1, 0.15) is 31.2 Å². The van der Waals surface area contributed by atoms with Gasteiger partial charge in [-0.15, -0.1) is 0 Å². The normalized spacial score (nSPS) is 10.6. The molecule has 0 radical (unpaired) electrons. The molecule has 0 fully saturated rings. The first-order valence-electron chi connectivity index (χ1n) is 5.91. The lowest BCUT2D eigenvalue weighted by molar-refractivity contribution is 0.415. The third-order valence-corrected chi connectivity index (χ3v) is 3.37. The van der Waals surface area contributed by atoms with Crippen LogP contribution in [0.3, 0.4) is 0 Å². The van der Waals surface area contributed by atoms with Crippen molar-refractivity contribution in [3.63, 3.8) is 0 Å². The van der Waals surface area contributed by atoms with E-state index in [1.165, 1.54) is 12.8 Å². The summed E-state index contributed by atoms with van der Waals surface area (Å²) in [6.45, 7) is 0.773. The standard InChI is InChI=1S/C13H19Cl2NO/c1-17-13-9-11(14)10(8-12(13)15)6-4-2-3-5-7-16/h8-9H,2-7,16H2,1H3. The first-order chi connectivity index (χ1) is 8.19. The molecule has 0 aliphatic carbocycles. The minimum atomic E-state index is 0.619. The summed E-state index contributed by atoms with van der Waals surface area (Å²) in [7, 11) is 1.59. The van der Waals surface area contributed by atoms with Gasteiger partial charge in [-0.2, -0.15) is 0 Å². The Balaban J connectivity index is 2.51. The van der Waals surface area contributed by atoms with Crippen LogP contribution in [0.15, 0.2) is 12.1 Å². The van der Waals surface area contributed by atoms with E-state index in [2.05, 4.69) is 0 Å². The second kappa shape index (κ2) is 7.80. The summed E-state index contributed by atoms with van der Waals surface area (Å²) in [5.74, 6) is 0.628. The van der Waals surface area contributed by atoms with Crippen molar-refractivity contribution in [2.75, 3.05) is 13.7 Å². The number of ether oxygens (including phenoxy) is 1. The van der Waals surface area contributed by atoms with Crippen LogP contribution >= 0.6 is 23.2 Å². The van der Waals surface area contributed by atoms with Gasteiger partial charge in [0.25, 0.3) is 0 Å². The molecule has 0 aromatic heterocycles. The Labute approximate surface area is 113 Å². The first-order valence-corrected chi connectivity index (χ1v) is 6.66. The highest BCUT2D eigenvalue weighted by Crippen LogP contribution is 2.31. The smallest absolute Gasteiger partial charge is 0.138 e. The van der Waals surface area contributed by atoms with Crippen molar-refractivity contribution in [1.29, 1.82) is 0 Å². The molecular formula is C13H19Cl2NO. The Kier molecular flexibility index (Phi) is 6.71. The van der Waals surface area contributed by atoms with Gasteiger partial charge in [-0.3, -0.25) is 0 Å². The number of hydrogen-bond acceptors (Lipinski definition) is 2. The molecule has 0 unspecified atom stereocenters. The molecule has 4 heteroatoms. The van der Waals surface area contributed by atoms with E-state index in [0.717, 1.165) is 36.4 Å². The van der Waals surface area contributed by atoms with Crippen LogP contribution in [-0.2, 0) is 6.42 Å². The molecule has 0 heterocycles. The Hall–Kier alpha value is -0.440. The van der Waals surface area contributed by atoms with Crippen molar-refractivity contribution in [2.24, 2.45) is 5.73 Å². The Morgan fingerprint density at radius 3 is 2.41 bits per heavy atom. The maximum atomic E-state index is 6.16. The van der Waals surface area contributed by atoms with Gasteiger partial charge in [-0.25, -0.2) is 0 Å². The molecule has 1 aromatic carbocycles. The summed E-state index contributed by atoms with van der Waals surface area (Å²) in [6, 6.07) is 3.67. The van der Waals surface area contributed by atoms with E-state index in [-0.39, 0.29) is 0 Å². The number of benzene rings is 1. The highest BCUT2D eigenvalue weighted by atomic mass is 35.5. The molecule has 2 N–H and O–H groups in total. The van der Waals surface area contributed by atoms with Gasteiger partial charge in [0.1, 0.15) is 5.75 Å². The van der Waals surface area contributed by atoms with Crippen molar-refractivity contribution in [2.45, 2.75) is 32.1 Å². The van der Waals surface area contributed by atoms with Crippen molar-refractivity contribution >= 4 is 23.2 Å². The van der Waals surface area contributed by atoms with Gasteiger partial charge >= 0.3 is 0 Å². The number of nitrogens with two attached hydrogens (primary N) is 1. The fourth-order valence-corrected chi connectivity index (χ4v) is 2.24. The zero-order chi connectivity index (χ0) is 12.7. The Morgan fingerprint density at radius 2 is 1.76 bits per heavy atom. The van der Waals surface area contributed by atoms with E-state index in [4.69, 9.17) is 33.7 Å². The van der Waals surface area contributed by atoms with E-state index in [0.29, 0.717) is 10.8 Å². The molecule has 0 atom stereocenters. The average Bonchev–Trinajstić information content (AvgIpc) is 2.32. The van der Waals surface area contributed by atoms with Crippen molar-refractivity contribution in [1.82, 2.24) is 0 Å². The molecular weight excluding hydrogens is 257 g/mol. The summed E-state index contributed by atoms with van der Waals surface area (Å²) >= 11 is 12.2. The van der Waals surface area contributed by atoms with Gasteiger partial charge < -0.3 is 10.5 Å². The highest BCUT2D eigenvalue weighted by Gasteiger charge is 2.07. The van der Waals surface area contributed by atoms with Crippen molar-refractivity contribution in [3.8, 4) is 5.75 Å². The van der Waals surface area contributed by atoms with Gasteiger partial charge in [0.2, 0.25) is 0 Å². The van der Waals surface area contributed by atoms with Crippen LogP contribution in [0.5, 0.6) is 5.75 Å². The van der Waals surface area contributed by atoms with Crippen LogP contribution in [-0.4, -0.2) is 13.7 Å². The van der Waals surface area contributed by atoms with Gasteiger partial charge in [-0.1, -0.05) is 36.0 Å². The van der Waals surface area contributed by atoms with Crippen molar-refractivity contribution in [3.05, 3.63) is 27.7 Å². The molecule has 0 amide bonds. The number of rotatable bonds is 7. The van der Waals surface area contributed by atoms with Crippen LogP contribution in [0.25, 0.3) is 0 Å². The summed E-state index contributed by atoms with van der Waals surface area (Å²) in [5, 5.41) is 1.35. The summed E-state index contributed by atoms with van der Waals surface area (Å²) in [6.07, 6.45) is 5.52. The lowest BCUT2D eigenvalue weighted by atomic mass is 10.1. The third-order valence-electron chi connectivity index (χ3n) is 2.72. The zero-order valence-electron chi connectivity index (χ0n) is 10.1. The molecule has 0 spiro atoms. The zero-order valence-corrected chi connectivity index (χ0v) is 11.7. The van der Waals surface area contributed by atoms with Crippen LogP contribution < -0.4 is 10.5 Å². The number of hydrogen-bond donors (Lipinski definition) is 1. The minimum absolute atomic E-state index is 0.619.